The Bertz CT molecular complexity index is 1280. The summed E-state index contributed by atoms with van der Waals surface area (Å²) in [7, 11) is 1.23. The second-order valence-corrected chi connectivity index (χ2v) is 9.86. The van der Waals surface area contributed by atoms with E-state index in [0.717, 1.165) is 39.4 Å². The van der Waals surface area contributed by atoms with E-state index in [4.69, 9.17) is 22.0 Å². The molecule has 0 saturated heterocycles. The summed E-state index contributed by atoms with van der Waals surface area (Å²) in [5.74, 6) is -1.12. The first-order valence-corrected chi connectivity index (χ1v) is 11.5. The van der Waals surface area contributed by atoms with E-state index in [2.05, 4.69) is 25.1 Å². The van der Waals surface area contributed by atoms with Gasteiger partial charge >= 0.3 is 6.18 Å². The number of hydrogen-bond acceptors (Lipinski definition) is 11. The van der Waals surface area contributed by atoms with Gasteiger partial charge in [0.1, 0.15) is 0 Å². The van der Waals surface area contributed by atoms with Gasteiger partial charge in [0.25, 0.3) is 0 Å². The topological polar surface area (TPSA) is 113 Å². The lowest BCUT2D eigenvalue weighted by Crippen LogP contribution is -2.12. The van der Waals surface area contributed by atoms with Gasteiger partial charge in [-0.1, -0.05) is 35.1 Å². The Labute approximate surface area is 201 Å². The summed E-state index contributed by atoms with van der Waals surface area (Å²) in [4.78, 5) is 13.3. The van der Waals surface area contributed by atoms with Crippen LogP contribution in [0.25, 0.3) is 11.3 Å². The van der Waals surface area contributed by atoms with Crippen molar-refractivity contribution in [1.29, 1.82) is 0 Å². The van der Waals surface area contributed by atoms with Crippen LogP contribution < -0.4 is 5.23 Å². The highest BCUT2D eigenvalue weighted by molar-refractivity contribution is 8.01. The van der Waals surface area contributed by atoms with Crippen LogP contribution in [-0.2, 0) is 13.2 Å². The van der Waals surface area contributed by atoms with Crippen LogP contribution >= 0.6 is 46.5 Å². The van der Waals surface area contributed by atoms with Crippen molar-refractivity contribution in [2.75, 3.05) is 5.23 Å². The van der Waals surface area contributed by atoms with Gasteiger partial charge in [0.05, 0.1) is 16.8 Å². The normalized spacial score (nSPS) is 11.7. The van der Waals surface area contributed by atoms with Crippen LogP contribution in [0.3, 0.4) is 0 Å². The smallest absolute Gasteiger partial charge is 0.301 e. The lowest BCUT2D eigenvalue weighted by molar-refractivity contribution is -0.147. The highest BCUT2D eigenvalue weighted by atomic mass is 35.5. The van der Waals surface area contributed by atoms with E-state index in [1.165, 1.54) is 19.4 Å². The first-order valence-electron chi connectivity index (χ1n) is 8.71. The predicted octanol–water partition coefficient (Wildman–Crippen LogP) is 5.29. The zero-order chi connectivity index (χ0) is 23.8. The van der Waals surface area contributed by atoms with Crippen LogP contribution in [-0.4, -0.2) is 40.1 Å². The highest BCUT2D eigenvalue weighted by Gasteiger charge is 2.37. The Morgan fingerprint density at radius 1 is 1.06 bits per heavy atom. The maximum absolute atomic E-state index is 13.1. The van der Waals surface area contributed by atoms with Gasteiger partial charge in [0.2, 0.25) is 5.82 Å². The lowest BCUT2D eigenvalue weighted by atomic mass is 10.1. The minimum Gasteiger partial charge on any atom is -0.301 e. The molecular weight excluding hydrogens is 523 g/mol. The van der Waals surface area contributed by atoms with Crippen molar-refractivity contribution in [3.05, 3.63) is 47.5 Å². The number of nitrogens with zero attached hydrogens (tertiary/aromatic N) is 7. The second kappa shape index (κ2) is 9.44. The summed E-state index contributed by atoms with van der Waals surface area (Å²) < 4.78 is 40.5. The highest BCUT2D eigenvalue weighted by Crippen LogP contribution is 2.39. The van der Waals surface area contributed by atoms with Crippen molar-refractivity contribution in [2.45, 2.75) is 25.7 Å². The summed E-state index contributed by atoms with van der Waals surface area (Å²) in [5.41, 5.74) is 1.09. The number of rotatable bonds is 6. The third-order valence-electron chi connectivity index (χ3n) is 3.99. The summed E-state index contributed by atoms with van der Waals surface area (Å²) in [6, 6.07) is 6.76. The van der Waals surface area contributed by atoms with Crippen LogP contribution in [0.2, 0.25) is 5.02 Å². The molecule has 0 aliphatic carbocycles. The van der Waals surface area contributed by atoms with Gasteiger partial charge in [0.15, 0.2) is 19.7 Å². The minimum atomic E-state index is -4.64. The number of benzene rings is 1. The molecule has 0 amide bonds. The second-order valence-electron chi connectivity index (χ2n) is 6.19. The molecule has 0 aliphatic rings. The molecule has 4 aromatic rings. The van der Waals surface area contributed by atoms with Gasteiger partial charge in [-0.15, -0.1) is 15.4 Å². The van der Waals surface area contributed by atoms with Crippen LogP contribution in [0.4, 0.5) is 18.2 Å². The quantitative estimate of drug-likeness (QED) is 0.250. The maximum Gasteiger partial charge on any atom is 0.451 e. The number of thiazole rings is 1. The van der Waals surface area contributed by atoms with Crippen molar-refractivity contribution in [3.8, 4) is 11.3 Å². The van der Waals surface area contributed by atoms with Crippen molar-refractivity contribution in [3.63, 3.8) is 0 Å². The van der Waals surface area contributed by atoms with Crippen molar-refractivity contribution in [2.24, 2.45) is 7.05 Å². The molecule has 9 nitrogen and oxygen atoms in total. The third-order valence-corrected chi connectivity index (χ3v) is 7.21. The van der Waals surface area contributed by atoms with E-state index in [1.807, 2.05) is 0 Å². The van der Waals surface area contributed by atoms with E-state index < -0.39 is 12.0 Å². The Balaban J connectivity index is 1.70. The van der Waals surface area contributed by atoms with E-state index in [0.29, 0.717) is 30.7 Å². The van der Waals surface area contributed by atoms with Crippen LogP contribution in [0, 0.1) is 0 Å². The molecule has 16 heteroatoms. The molecule has 0 fully saturated rings. The minimum absolute atomic E-state index is 0.0112. The summed E-state index contributed by atoms with van der Waals surface area (Å²) in [5, 5.41) is 25.9. The maximum atomic E-state index is 13.1. The standard InChI is InChI=1S/C17H11ClF3N7O2S3/c1-27-13(17(19,20)21)25-26-15(27)31-10-6-22-14(33-16-23-7-11(32-16)28(29)30)24-12(10)8-2-4-9(18)5-3-8/h2-7,29-30H,1H3. The monoisotopic (exact) mass is 533 g/mol. The molecule has 3 aromatic heterocycles. The molecule has 0 bridgehead atoms. The summed E-state index contributed by atoms with van der Waals surface area (Å²) in [6.07, 6.45) is -1.91. The van der Waals surface area contributed by atoms with Gasteiger partial charge in [0, 0.05) is 23.8 Å². The molecule has 0 atom stereocenters. The molecule has 0 spiro atoms. The molecule has 0 saturated carbocycles. The molecule has 1 aromatic carbocycles. The molecule has 2 N–H and O–H groups in total. The Hall–Kier alpha value is -2.43. The Kier molecular flexibility index (Phi) is 6.78. The SMILES string of the molecule is Cn1c(Sc2cnc(Sc3ncc(N(O)O)s3)nc2-c2ccc(Cl)cc2)nnc1C(F)(F)F. The van der Waals surface area contributed by atoms with E-state index in [9.17, 15) is 13.2 Å². The molecule has 4 rings (SSSR count). The number of halogens is 4. The molecule has 172 valence electrons. The molecule has 0 radical (unpaired) electrons. The average molecular weight is 534 g/mol. The van der Waals surface area contributed by atoms with Crippen molar-refractivity contribution < 1.29 is 23.6 Å². The van der Waals surface area contributed by atoms with Crippen molar-refractivity contribution >= 4 is 51.5 Å². The number of aromatic nitrogens is 6. The number of alkyl halides is 3. The van der Waals surface area contributed by atoms with Crippen LogP contribution in [0.15, 0.2) is 56.2 Å². The van der Waals surface area contributed by atoms with Gasteiger partial charge < -0.3 is 4.57 Å². The first kappa shape index (κ1) is 23.7. The molecular formula is C17H11ClF3N7O2S3. The van der Waals surface area contributed by atoms with E-state index >= 15 is 0 Å². The molecule has 33 heavy (non-hydrogen) atoms. The van der Waals surface area contributed by atoms with Gasteiger partial charge in [-0.2, -0.15) is 13.2 Å². The van der Waals surface area contributed by atoms with Crippen LogP contribution in [0.5, 0.6) is 0 Å². The van der Waals surface area contributed by atoms with Gasteiger partial charge in [-0.05, 0) is 35.7 Å². The molecule has 0 unspecified atom stereocenters. The van der Waals surface area contributed by atoms with Crippen LogP contribution in [0.1, 0.15) is 5.82 Å². The Morgan fingerprint density at radius 2 is 1.79 bits per heavy atom. The molecule has 0 aliphatic heterocycles. The predicted molar refractivity (Wildman–Crippen MR) is 115 cm³/mol. The summed E-state index contributed by atoms with van der Waals surface area (Å²) >= 11 is 9.00. The lowest BCUT2D eigenvalue weighted by Gasteiger charge is -2.10. The number of anilines is 1. The average Bonchev–Trinajstić information content (AvgIpc) is 3.37. The fourth-order valence-corrected chi connectivity index (χ4v) is 5.12. The first-order chi connectivity index (χ1) is 15.6. The zero-order valence-electron chi connectivity index (χ0n) is 16.2. The molecule has 3 heterocycles. The van der Waals surface area contributed by atoms with E-state index in [-0.39, 0.29) is 15.4 Å². The number of hydrogen-bond donors (Lipinski definition) is 2. The Morgan fingerprint density at radius 3 is 2.39 bits per heavy atom. The van der Waals surface area contributed by atoms with Crippen molar-refractivity contribution in [1.82, 2.24) is 29.7 Å². The van der Waals surface area contributed by atoms with Gasteiger partial charge in [-0.25, -0.2) is 15.0 Å². The fourth-order valence-electron chi connectivity index (χ4n) is 2.51. The third kappa shape index (κ3) is 5.39. The fraction of sp³-hybridized carbons (Fsp3) is 0.118. The van der Waals surface area contributed by atoms with Gasteiger partial charge in [-0.3, -0.25) is 10.4 Å². The largest absolute Gasteiger partial charge is 0.451 e. The van der Waals surface area contributed by atoms with E-state index in [1.54, 1.807) is 24.3 Å². The summed E-state index contributed by atoms with van der Waals surface area (Å²) in [6.45, 7) is 0. The zero-order valence-corrected chi connectivity index (χ0v) is 19.4.